The summed E-state index contributed by atoms with van der Waals surface area (Å²) >= 11 is 1.55. The highest BCUT2D eigenvalue weighted by Crippen LogP contribution is 2.29. The first-order valence-electron chi connectivity index (χ1n) is 7.00. The summed E-state index contributed by atoms with van der Waals surface area (Å²) in [6, 6.07) is 7.76. The summed E-state index contributed by atoms with van der Waals surface area (Å²) in [6.45, 7) is 2.98. The quantitative estimate of drug-likeness (QED) is 0.796. The number of nitrogens with zero attached hydrogens (tertiary/aromatic N) is 1. The zero-order chi connectivity index (χ0) is 15.9. The van der Waals surface area contributed by atoms with Gasteiger partial charge in [0.25, 0.3) is 0 Å². The molecule has 0 saturated heterocycles. The second kappa shape index (κ2) is 7.91. The number of thiazole rings is 1. The first-order valence-corrected chi connectivity index (χ1v) is 7.82. The van der Waals surface area contributed by atoms with Crippen LogP contribution in [0, 0.1) is 6.92 Å². The Bertz CT molecular complexity index is 623. The Morgan fingerprint density at radius 2 is 2.00 bits per heavy atom. The lowest BCUT2D eigenvalue weighted by Crippen LogP contribution is -2.28. The maximum Gasteiger partial charge on any atom is 0.225 e. The van der Waals surface area contributed by atoms with Crippen molar-refractivity contribution in [1.29, 1.82) is 0 Å². The predicted octanol–water partition coefficient (Wildman–Crippen LogP) is 2.43. The maximum absolute atomic E-state index is 11.9. The molecule has 0 atom stereocenters. The Balaban J connectivity index is 2.05. The van der Waals surface area contributed by atoms with Crippen LogP contribution in [0.5, 0.6) is 5.75 Å². The number of aromatic nitrogens is 1. The third kappa shape index (κ3) is 4.29. The van der Waals surface area contributed by atoms with Crippen LogP contribution in [0.3, 0.4) is 0 Å². The summed E-state index contributed by atoms with van der Waals surface area (Å²) in [6.07, 6.45) is 0.351. The van der Waals surface area contributed by atoms with E-state index in [1.54, 1.807) is 25.6 Å². The van der Waals surface area contributed by atoms with Gasteiger partial charge in [-0.2, -0.15) is 0 Å². The number of amides is 1. The SMILES string of the molecule is COCCNC(=O)Cc1sc(-c2ccc(OC)cc2)nc1C. The smallest absolute Gasteiger partial charge is 0.225 e. The molecule has 1 heterocycles. The molecule has 0 unspecified atom stereocenters. The number of carbonyl (C=O) groups excluding carboxylic acids is 1. The van der Waals surface area contributed by atoms with Gasteiger partial charge in [-0.15, -0.1) is 11.3 Å². The van der Waals surface area contributed by atoms with Crippen molar-refractivity contribution < 1.29 is 14.3 Å². The normalized spacial score (nSPS) is 10.5. The van der Waals surface area contributed by atoms with Gasteiger partial charge in [-0.3, -0.25) is 4.79 Å². The molecule has 0 bridgehead atoms. The molecular formula is C16H20N2O3S. The molecular weight excluding hydrogens is 300 g/mol. The van der Waals surface area contributed by atoms with Crippen LogP contribution in [-0.4, -0.2) is 38.3 Å². The highest BCUT2D eigenvalue weighted by molar-refractivity contribution is 7.15. The van der Waals surface area contributed by atoms with E-state index in [4.69, 9.17) is 9.47 Å². The summed E-state index contributed by atoms with van der Waals surface area (Å²) in [4.78, 5) is 17.4. The molecule has 5 nitrogen and oxygen atoms in total. The number of hydrogen-bond acceptors (Lipinski definition) is 5. The minimum Gasteiger partial charge on any atom is -0.497 e. The molecule has 0 aliphatic heterocycles. The number of aryl methyl sites for hydroxylation is 1. The van der Waals surface area contributed by atoms with Crippen molar-refractivity contribution in [3.8, 4) is 16.3 Å². The molecule has 1 amide bonds. The Labute approximate surface area is 134 Å². The van der Waals surface area contributed by atoms with Gasteiger partial charge in [-0.1, -0.05) is 0 Å². The van der Waals surface area contributed by atoms with Crippen LogP contribution in [0.1, 0.15) is 10.6 Å². The summed E-state index contributed by atoms with van der Waals surface area (Å²) in [5.74, 6) is 0.805. The number of carbonyl (C=O) groups is 1. The number of ether oxygens (including phenoxy) is 2. The average molecular weight is 320 g/mol. The first kappa shape index (κ1) is 16.5. The molecule has 2 aromatic rings. The van der Waals surface area contributed by atoms with Crippen molar-refractivity contribution in [3.63, 3.8) is 0 Å². The highest BCUT2D eigenvalue weighted by atomic mass is 32.1. The van der Waals surface area contributed by atoms with Crippen LogP contribution in [0.15, 0.2) is 24.3 Å². The summed E-state index contributed by atoms with van der Waals surface area (Å²) in [5, 5.41) is 3.74. The van der Waals surface area contributed by atoms with Crippen molar-refractivity contribution in [3.05, 3.63) is 34.8 Å². The molecule has 0 spiro atoms. The molecule has 2 rings (SSSR count). The Morgan fingerprint density at radius 3 is 2.64 bits per heavy atom. The van der Waals surface area contributed by atoms with Gasteiger partial charge in [0.2, 0.25) is 5.91 Å². The van der Waals surface area contributed by atoms with Crippen LogP contribution in [0.4, 0.5) is 0 Å². The van der Waals surface area contributed by atoms with E-state index in [1.165, 1.54) is 0 Å². The van der Waals surface area contributed by atoms with E-state index in [9.17, 15) is 4.79 Å². The Hall–Kier alpha value is -1.92. The van der Waals surface area contributed by atoms with Crippen molar-refractivity contribution in [2.45, 2.75) is 13.3 Å². The molecule has 1 aromatic carbocycles. The second-order valence-electron chi connectivity index (χ2n) is 4.78. The van der Waals surface area contributed by atoms with Crippen LogP contribution < -0.4 is 10.1 Å². The molecule has 0 saturated carbocycles. The number of hydrogen-bond donors (Lipinski definition) is 1. The summed E-state index contributed by atoms with van der Waals surface area (Å²) < 4.78 is 10.1. The summed E-state index contributed by atoms with van der Waals surface area (Å²) in [7, 11) is 3.25. The van der Waals surface area contributed by atoms with Crippen LogP contribution in [-0.2, 0) is 16.0 Å². The Morgan fingerprint density at radius 1 is 1.27 bits per heavy atom. The van der Waals surface area contributed by atoms with Crippen LogP contribution >= 0.6 is 11.3 Å². The van der Waals surface area contributed by atoms with Gasteiger partial charge in [0.15, 0.2) is 0 Å². The van der Waals surface area contributed by atoms with Gasteiger partial charge >= 0.3 is 0 Å². The minimum absolute atomic E-state index is 0.00918. The van der Waals surface area contributed by atoms with E-state index in [2.05, 4.69) is 10.3 Å². The fraction of sp³-hybridized carbons (Fsp3) is 0.375. The fourth-order valence-corrected chi connectivity index (χ4v) is 3.02. The lowest BCUT2D eigenvalue weighted by molar-refractivity contribution is -0.120. The largest absolute Gasteiger partial charge is 0.497 e. The first-order chi connectivity index (χ1) is 10.6. The average Bonchev–Trinajstić information content (AvgIpc) is 2.88. The topological polar surface area (TPSA) is 60.5 Å². The highest BCUT2D eigenvalue weighted by Gasteiger charge is 2.12. The van der Waals surface area contributed by atoms with E-state index >= 15 is 0 Å². The number of rotatable bonds is 7. The van der Waals surface area contributed by atoms with E-state index in [1.807, 2.05) is 31.2 Å². The van der Waals surface area contributed by atoms with Crippen LogP contribution in [0.2, 0.25) is 0 Å². The standard InChI is InChI=1S/C16H20N2O3S/c1-11-14(10-15(19)17-8-9-20-2)22-16(18-11)12-4-6-13(21-3)7-5-12/h4-7H,8-10H2,1-3H3,(H,17,19). The van der Waals surface area contributed by atoms with Gasteiger partial charge in [-0.05, 0) is 31.2 Å². The van der Waals surface area contributed by atoms with Crippen molar-refractivity contribution >= 4 is 17.2 Å². The van der Waals surface area contributed by atoms with Crippen molar-refractivity contribution in [2.75, 3.05) is 27.4 Å². The molecule has 118 valence electrons. The molecule has 1 aromatic heterocycles. The zero-order valence-electron chi connectivity index (χ0n) is 13.0. The fourth-order valence-electron chi connectivity index (χ4n) is 1.95. The van der Waals surface area contributed by atoms with Gasteiger partial charge in [-0.25, -0.2) is 4.98 Å². The molecule has 0 aliphatic carbocycles. The molecule has 1 N–H and O–H groups in total. The lowest BCUT2D eigenvalue weighted by Gasteiger charge is -2.03. The molecule has 6 heteroatoms. The monoisotopic (exact) mass is 320 g/mol. The van der Waals surface area contributed by atoms with E-state index in [0.717, 1.165) is 26.9 Å². The molecule has 22 heavy (non-hydrogen) atoms. The second-order valence-corrected chi connectivity index (χ2v) is 5.86. The lowest BCUT2D eigenvalue weighted by atomic mass is 10.2. The predicted molar refractivity (Wildman–Crippen MR) is 87.4 cm³/mol. The van der Waals surface area contributed by atoms with Gasteiger partial charge < -0.3 is 14.8 Å². The number of benzene rings is 1. The van der Waals surface area contributed by atoms with Crippen molar-refractivity contribution in [1.82, 2.24) is 10.3 Å². The Kier molecular flexibility index (Phi) is 5.91. The van der Waals surface area contributed by atoms with Gasteiger partial charge in [0, 0.05) is 24.1 Å². The summed E-state index contributed by atoms with van der Waals surface area (Å²) in [5.41, 5.74) is 1.93. The number of methoxy groups -OCH3 is 2. The van der Waals surface area contributed by atoms with E-state index in [-0.39, 0.29) is 5.91 Å². The van der Waals surface area contributed by atoms with Crippen molar-refractivity contribution in [2.24, 2.45) is 0 Å². The number of nitrogens with one attached hydrogen (secondary N) is 1. The third-order valence-corrected chi connectivity index (χ3v) is 4.39. The third-order valence-electron chi connectivity index (χ3n) is 3.18. The van der Waals surface area contributed by atoms with Gasteiger partial charge in [0.05, 0.1) is 25.8 Å². The molecule has 0 aliphatic rings. The van der Waals surface area contributed by atoms with Crippen LogP contribution in [0.25, 0.3) is 10.6 Å². The van der Waals surface area contributed by atoms with E-state index in [0.29, 0.717) is 19.6 Å². The van der Waals surface area contributed by atoms with E-state index < -0.39 is 0 Å². The molecule has 0 radical (unpaired) electrons. The van der Waals surface area contributed by atoms with Gasteiger partial charge in [0.1, 0.15) is 10.8 Å². The maximum atomic E-state index is 11.9. The molecule has 0 fully saturated rings. The zero-order valence-corrected chi connectivity index (χ0v) is 13.8. The minimum atomic E-state index is -0.00918.